The highest BCUT2D eigenvalue weighted by molar-refractivity contribution is 9.08. The van der Waals surface area contributed by atoms with Gasteiger partial charge in [-0.05, 0) is 35.9 Å². The van der Waals surface area contributed by atoms with Crippen LogP contribution in [0.1, 0.15) is 15.9 Å². The lowest BCUT2D eigenvalue weighted by atomic mass is 10.2. The van der Waals surface area contributed by atoms with Crippen molar-refractivity contribution in [2.24, 2.45) is 0 Å². The zero-order chi connectivity index (χ0) is 13.8. The van der Waals surface area contributed by atoms with Gasteiger partial charge < -0.3 is 5.32 Å². The highest BCUT2D eigenvalue weighted by Crippen LogP contribution is 2.20. The molecule has 0 aliphatic rings. The molecule has 0 fully saturated rings. The normalized spacial score (nSPS) is 10.3. The van der Waals surface area contributed by atoms with Gasteiger partial charge in [0.05, 0.1) is 0 Å². The second kappa shape index (κ2) is 6.42. The molecule has 2 nitrogen and oxygen atoms in total. The lowest BCUT2D eigenvalue weighted by Crippen LogP contribution is -2.11. The Balaban J connectivity index is 2.15. The van der Waals surface area contributed by atoms with Gasteiger partial charge in [-0.15, -0.1) is 0 Å². The first kappa shape index (κ1) is 14.4. The van der Waals surface area contributed by atoms with Gasteiger partial charge in [0.15, 0.2) is 0 Å². The Bertz CT molecular complexity index is 579. The van der Waals surface area contributed by atoms with Crippen molar-refractivity contribution in [3.63, 3.8) is 0 Å². The summed E-state index contributed by atoms with van der Waals surface area (Å²) in [6.07, 6.45) is 0. The molecular weight excluding hydrogens is 349 g/mol. The summed E-state index contributed by atoms with van der Waals surface area (Å²) in [4.78, 5) is 12.0. The van der Waals surface area contributed by atoms with E-state index in [4.69, 9.17) is 23.2 Å². The third kappa shape index (κ3) is 3.96. The number of anilines is 1. The van der Waals surface area contributed by atoms with Crippen molar-refractivity contribution < 1.29 is 4.79 Å². The summed E-state index contributed by atoms with van der Waals surface area (Å²) in [5, 5.41) is 4.45. The molecule has 98 valence electrons. The average Bonchev–Trinajstić information content (AvgIpc) is 2.38. The standard InChI is InChI=1S/C14H10BrCl2NO/c15-8-9-1-3-13(4-2-9)18-14(19)10-5-11(16)7-12(17)6-10/h1-7H,8H2,(H,18,19). The molecule has 0 aliphatic heterocycles. The van der Waals surface area contributed by atoms with Crippen molar-refractivity contribution in [2.45, 2.75) is 5.33 Å². The third-order valence-corrected chi connectivity index (χ3v) is 3.57. The van der Waals surface area contributed by atoms with E-state index in [0.717, 1.165) is 16.6 Å². The van der Waals surface area contributed by atoms with Crippen molar-refractivity contribution >= 4 is 50.7 Å². The quantitative estimate of drug-likeness (QED) is 0.756. The molecule has 0 radical (unpaired) electrons. The van der Waals surface area contributed by atoms with Crippen molar-refractivity contribution in [3.05, 3.63) is 63.6 Å². The Hall–Kier alpha value is -1.03. The topological polar surface area (TPSA) is 29.1 Å². The molecule has 0 bridgehead atoms. The van der Waals surface area contributed by atoms with Crippen LogP contribution in [0.25, 0.3) is 0 Å². The predicted octanol–water partition coefficient (Wildman–Crippen LogP) is 5.14. The molecule has 0 heterocycles. The molecule has 0 spiro atoms. The van der Waals surface area contributed by atoms with E-state index < -0.39 is 0 Å². The van der Waals surface area contributed by atoms with Crippen molar-refractivity contribution in [3.8, 4) is 0 Å². The third-order valence-electron chi connectivity index (χ3n) is 2.49. The number of hydrogen-bond acceptors (Lipinski definition) is 1. The van der Waals surface area contributed by atoms with Crippen LogP contribution < -0.4 is 5.32 Å². The summed E-state index contributed by atoms with van der Waals surface area (Å²) in [7, 11) is 0. The SMILES string of the molecule is O=C(Nc1ccc(CBr)cc1)c1cc(Cl)cc(Cl)c1. The lowest BCUT2D eigenvalue weighted by Gasteiger charge is -2.06. The number of halogens is 3. The minimum absolute atomic E-state index is 0.240. The van der Waals surface area contributed by atoms with E-state index in [2.05, 4.69) is 21.2 Å². The molecular formula is C14H10BrCl2NO. The van der Waals surface area contributed by atoms with E-state index >= 15 is 0 Å². The Kier molecular flexibility index (Phi) is 4.86. The van der Waals surface area contributed by atoms with E-state index in [1.807, 2.05) is 24.3 Å². The lowest BCUT2D eigenvalue weighted by molar-refractivity contribution is 0.102. The smallest absolute Gasteiger partial charge is 0.255 e. The first-order chi connectivity index (χ1) is 9.08. The molecule has 2 rings (SSSR count). The second-order valence-corrected chi connectivity index (χ2v) is 5.38. The van der Waals surface area contributed by atoms with Crippen molar-refractivity contribution in [1.29, 1.82) is 0 Å². The number of carbonyl (C=O) groups excluding carboxylic acids is 1. The molecule has 2 aromatic rings. The Morgan fingerprint density at radius 3 is 2.16 bits per heavy atom. The number of benzene rings is 2. The van der Waals surface area contributed by atoms with Gasteiger partial charge in [-0.1, -0.05) is 51.3 Å². The Morgan fingerprint density at radius 2 is 1.63 bits per heavy atom. The highest BCUT2D eigenvalue weighted by atomic mass is 79.9. The summed E-state index contributed by atoms with van der Waals surface area (Å²) in [6.45, 7) is 0. The zero-order valence-corrected chi connectivity index (χ0v) is 12.9. The molecule has 0 saturated carbocycles. The van der Waals surface area contributed by atoms with Crippen LogP contribution in [0, 0.1) is 0 Å². The number of rotatable bonds is 3. The number of carbonyl (C=O) groups is 1. The van der Waals surface area contributed by atoms with Gasteiger partial charge in [0.1, 0.15) is 0 Å². The monoisotopic (exact) mass is 357 g/mol. The van der Waals surface area contributed by atoms with Gasteiger partial charge >= 0.3 is 0 Å². The van der Waals surface area contributed by atoms with Crippen LogP contribution in [-0.4, -0.2) is 5.91 Å². The zero-order valence-electron chi connectivity index (χ0n) is 9.79. The molecule has 0 atom stereocenters. The molecule has 0 saturated heterocycles. The first-order valence-electron chi connectivity index (χ1n) is 5.51. The Labute approximate surface area is 129 Å². The molecule has 0 aliphatic carbocycles. The largest absolute Gasteiger partial charge is 0.322 e. The Morgan fingerprint density at radius 1 is 1.05 bits per heavy atom. The van der Waals surface area contributed by atoms with Crippen LogP contribution in [0.15, 0.2) is 42.5 Å². The summed E-state index contributed by atoms with van der Waals surface area (Å²) >= 11 is 15.1. The van der Waals surface area contributed by atoms with Gasteiger partial charge in [-0.3, -0.25) is 4.79 Å². The number of amides is 1. The van der Waals surface area contributed by atoms with Gasteiger partial charge in [-0.25, -0.2) is 0 Å². The van der Waals surface area contributed by atoms with Crippen LogP contribution in [0.4, 0.5) is 5.69 Å². The number of nitrogens with one attached hydrogen (secondary N) is 1. The minimum atomic E-state index is -0.240. The average molecular weight is 359 g/mol. The molecule has 1 N–H and O–H groups in total. The molecule has 5 heteroatoms. The van der Waals surface area contributed by atoms with Crippen LogP contribution >= 0.6 is 39.1 Å². The number of alkyl halides is 1. The first-order valence-corrected chi connectivity index (χ1v) is 7.38. The summed E-state index contributed by atoms with van der Waals surface area (Å²) in [6, 6.07) is 12.3. The summed E-state index contributed by atoms with van der Waals surface area (Å²) < 4.78 is 0. The second-order valence-electron chi connectivity index (χ2n) is 3.94. The van der Waals surface area contributed by atoms with Crippen LogP contribution in [0.5, 0.6) is 0 Å². The maximum absolute atomic E-state index is 12.0. The maximum Gasteiger partial charge on any atom is 0.255 e. The fraction of sp³-hybridized carbons (Fsp3) is 0.0714. The fourth-order valence-electron chi connectivity index (χ4n) is 1.57. The maximum atomic E-state index is 12.0. The van der Waals surface area contributed by atoms with Crippen LogP contribution in [-0.2, 0) is 5.33 Å². The van der Waals surface area contributed by atoms with Crippen LogP contribution in [0.3, 0.4) is 0 Å². The van der Waals surface area contributed by atoms with Gasteiger partial charge in [-0.2, -0.15) is 0 Å². The summed E-state index contributed by atoms with van der Waals surface area (Å²) in [5.41, 5.74) is 2.30. The van der Waals surface area contributed by atoms with Gasteiger partial charge in [0.2, 0.25) is 0 Å². The fourth-order valence-corrected chi connectivity index (χ4v) is 2.47. The van der Waals surface area contributed by atoms with E-state index in [1.165, 1.54) is 0 Å². The molecule has 0 aromatic heterocycles. The van der Waals surface area contributed by atoms with E-state index in [-0.39, 0.29) is 5.91 Å². The molecule has 0 unspecified atom stereocenters. The molecule has 1 amide bonds. The van der Waals surface area contributed by atoms with E-state index in [1.54, 1.807) is 18.2 Å². The highest BCUT2D eigenvalue weighted by Gasteiger charge is 2.08. The van der Waals surface area contributed by atoms with E-state index in [9.17, 15) is 4.79 Å². The van der Waals surface area contributed by atoms with Crippen LogP contribution in [0.2, 0.25) is 10.0 Å². The van der Waals surface area contributed by atoms with Crippen molar-refractivity contribution in [1.82, 2.24) is 0 Å². The molecule has 19 heavy (non-hydrogen) atoms. The van der Waals surface area contributed by atoms with E-state index in [0.29, 0.717) is 15.6 Å². The van der Waals surface area contributed by atoms with Gasteiger partial charge in [0.25, 0.3) is 5.91 Å². The number of hydrogen-bond donors (Lipinski definition) is 1. The minimum Gasteiger partial charge on any atom is -0.322 e. The molecule has 2 aromatic carbocycles. The predicted molar refractivity (Wildman–Crippen MR) is 83.5 cm³/mol. The summed E-state index contributed by atoms with van der Waals surface area (Å²) in [5.74, 6) is -0.240. The van der Waals surface area contributed by atoms with Crippen molar-refractivity contribution in [2.75, 3.05) is 5.32 Å². The van der Waals surface area contributed by atoms with Gasteiger partial charge in [0, 0.05) is 26.6 Å².